The van der Waals surface area contributed by atoms with Crippen LogP contribution in [0.15, 0.2) is 23.3 Å². The number of rotatable bonds is 3. The molecule has 4 nitrogen and oxygen atoms in total. The van der Waals surface area contributed by atoms with Crippen molar-refractivity contribution in [1.29, 1.82) is 0 Å². The summed E-state index contributed by atoms with van der Waals surface area (Å²) in [6.07, 6.45) is 4.12. The third-order valence-corrected chi connectivity index (χ3v) is 3.16. The van der Waals surface area contributed by atoms with Crippen LogP contribution in [0.1, 0.15) is 26.7 Å². The van der Waals surface area contributed by atoms with E-state index in [9.17, 15) is 9.59 Å². The van der Waals surface area contributed by atoms with E-state index >= 15 is 0 Å². The maximum atomic E-state index is 11.5. The number of carboxylic acid groups (broad SMARTS) is 1. The third kappa shape index (κ3) is 1.45. The average molecular weight is 222 g/mol. The summed E-state index contributed by atoms with van der Waals surface area (Å²) in [5, 5.41) is 8.90. The lowest BCUT2D eigenvalue weighted by Gasteiger charge is -2.41. The Morgan fingerprint density at radius 1 is 1.69 bits per heavy atom. The molecule has 0 saturated carbocycles. The molecular weight excluding hydrogens is 208 g/mol. The molecule has 0 unspecified atom stereocenters. The number of ether oxygens (including phenoxy) is 1. The van der Waals surface area contributed by atoms with E-state index in [-0.39, 0.29) is 17.6 Å². The fraction of sp³-hybridized carbons (Fsp3) is 0.500. The Kier molecular flexibility index (Phi) is 2.37. The third-order valence-electron chi connectivity index (χ3n) is 3.16. The molecule has 4 heteroatoms. The number of hydrogen-bond acceptors (Lipinski definition) is 3. The van der Waals surface area contributed by atoms with Gasteiger partial charge in [-0.25, -0.2) is 4.79 Å². The van der Waals surface area contributed by atoms with Crippen molar-refractivity contribution < 1.29 is 19.4 Å². The highest BCUT2D eigenvalue weighted by Gasteiger charge is 2.59. The quantitative estimate of drug-likeness (QED) is 0.582. The first kappa shape index (κ1) is 10.9. The van der Waals surface area contributed by atoms with Crippen LogP contribution in [0, 0.1) is 5.41 Å². The average Bonchev–Trinajstić information content (AvgIpc) is 2.49. The number of fused-ring (bicyclic) bond motifs is 1. The van der Waals surface area contributed by atoms with Crippen LogP contribution in [-0.4, -0.2) is 23.1 Å². The lowest BCUT2D eigenvalue weighted by atomic mass is 9.77. The number of carboxylic acids is 1. The van der Waals surface area contributed by atoms with Gasteiger partial charge in [-0.3, -0.25) is 4.79 Å². The van der Waals surface area contributed by atoms with Crippen LogP contribution in [0.5, 0.6) is 0 Å². The molecule has 16 heavy (non-hydrogen) atoms. The molecular formula is C12H14O4. The predicted molar refractivity (Wildman–Crippen MR) is 56.7 cm³/mol. The van der Waals surface area contributed by atoms with Crippen LogP contribution in [0.25, 0.3) is 0 Å². The van der Waals surface area contributed by atoms with Gasteiger partial charge in [-0.05, 0) is 20.3 Å². The SMILES string of the molecule is CC(C)=CC[C@@]12C=C(C(=O)O)C[C@@H]1OC2=O. The van der Waals surface area contributed by atoms with Gasteiger partial charge in [0, 0.05) is 12.0 Å². The van der Waals surface area contributed by atoms with E-state index in [2.05, 4.69) is 0 Å². The molecule has 1 saturated heterocycles. The van der Waals surface area contributed by atoms with Crippen LogP contribution >= 0.6 is 0 Å². The molecule has 1 aliphatic carbocycles. The van der Waals surface area contributed by atoms with Crippen molar-refractivity contribution >= 4 is 11.9 Å². The van der Waals surface area contributed by atoms with E-state index in [1.165, 1.54) is 0 Å². The molecule has 1 fully saturated rings. The van der Waals surface area contributed by atoms with Crippen LogP contribution in [0.2, 0.25) is 0 Å². The highest BCUT2D eigenvalue weighted by molar-refractivity contribution is 5.94. The summed E-state index contributed by atoms with van der Waals surface area (Å²) in [7, 11) is 0. The van der Waals surface area contributed by atoms with Crippen molar-refractivity contribution in [2.75, 3.05) is 0 Å². The Morgan fingerprint density at radius 2 is 2.38 bits per heavy atom. The lowest BCUT2D eigenvalue weighted by Crippen LogP contribution is -2.52. The summed E-state index contributed by atoms with van der Waals surface area (Å²) >= 11 is 0. The van der Waals surface area contributed by atoms with E-state index in [1.54, 1.807) is 6.08 Å². The lowest BCUT2D eigenvalue weighted by molar-refractivity contribution is -0.194. The molecule has 2 rings (SSSR count). The molecule has 0 spiro atoms. The van der Waals surface area contributed by atoms with Crippen molar-refractivity contribution in [2.24, 2.45) is 5.41 Å². The van der Waals surface area contributed by atoms with E-state index in [0.29, 0.717) is 12.8 Å². The Hall–Kier alpha value is -1.58. The molecule has 2 atom stereocenters. The van der Waals surface area contributed by atoms with Crippen LogP contribution in [0.4, 0.5) is 0 Å². The fourth-order valence-corrected chi connectivity index (χ4v) is 2.16. The highest BCUT2D eigenvalue weighted by atomic mass is 16.6. The standard InChI is InChI=1S/C12H14O4/c1-7(2)3-4-12-6-8(10(13)14)5-9(12)16-11(12)15/h3,6,9H,4-5H2,1-2H3,(H,13,14)/t9-,12+/m0/s1. The summed E-state index contributed by atoms with van der Waals surface area (Å²) in [4.78, 5) is 22.4. The minimum atomic E-state index is -0.956. The van der Waals surface area contributed by atoms with E-state index in [1.807, 2.05) is 19.9 Å². The van der Waals surface area contributed by atoms with Gasteiger partial charge in [-0.1, -0.05) is 17.7 Å². The molecule has 0 amide bonds. The van der Waals surface area contributed by atoms with Crippen molar-refractivity contribution in [1.82, 2.24) is 0 Å². The molecule has 1 aliphatic heterocycles. The Balaban J connectivity index is 2.26. The first-order chi connectivity index (χ1) is 7.45. The van der Waals surface area contributed by atoms with Gasteiger partial charge >= 0.3 is 11.9 Å². The normalized spacial score (nSPS) is 31.0. The zero-order valence-corrected chi connectivity index (χ0v) is 9.32. The van der Waals surface area contributed by atoms with Gasteiger partial charge in [0.05, 0.1) is 0 Å². The van der Waals surface area contributed by atoms with Crippen LogP contribution < -0.4 is 0 Å². The number of esters is 1. The van der Waals surface area contributed by atoms with Crippen molar-refractivity contribution in [3.63, 3.8) is 0 Å². The number of hydrogen-bond donors (Lipinski definition) is 1. The van der Waals surface area contributed by atoms with E-state index in [4.69, 9.17) is 9.84 Å². The van der Waals surface area contributed by atoms with Gasteiger partial charge in [0.15, 0.2) is 0 Å². The molecule has 0 aromatic heterocycles. The van der Waals surface area contributed by atoms with Crippen molar-refractivity contribution in [3.05, 3.63) is 23.3 Å². The van der Waals surface area contributed by atoms with Gasteiger partial charge in [0.2, 0.25) is 0 Å². The molecule has 0 bridgehead atoms. The first-order valence-electron chi connectivity index (χ1n) is 5.25. The zero-order valence-electron chi connectivity index (χ0n) is 9.32. The smallest absolute Gasteiger partial charge is 0.331 e. The predicted octanol–water partition coefficient (Wildman–Crippen LogP) is 1.67. The molecule has 2 aliphatic rings. The Labute approximate surface area is 93.6 Å². The number of carbonyl (C=O) groups excluding carboxylic acids is 1. The molecule has 0 radical (unpaired) electrons. The molecule has 1 N–H and O–H groups in total. The first-order valence-corrected chi connectivity index (χ1v) is 5.25. The monoisotopic (exact) mass is 222 g/mol. The van der Waals surface area contributed by atoms with Crippen molar-refractivity contribution in [3.8, 4) is 0 Å². The molecule has 0 aromatic carbocycles. The van der Waals surface area contributed by atoms with Gasteiger partial charge < -0.3 is 9.84 Å². The van der Waals surface area contributed by atoms with Gasteiger partial charge in [-0.15, -0.1) is 0 Å². The van der Waals surface area contributed by atoms with Gasteiger partial charge in [0.1, 0.15) is 11.5 Å². The van der Waals surface area contributed by atoms with Gasteiger partial charge in [-0.2, -0.15) is 0 Å². The topological polar surface area (TPSA) is 63.6 Å². The molecule has 86 valence electrons. The maximum Gasteiger partial charge on any atom is 0.331 e. The largest absolute Gasteiger partial charge is 0.478 e. The molecule has 1 heterocycles. The second-order valence-electron chi connectivity index (χ2n) is 4.60. The summed E-state index contributed by atoms with van der Waals surface area (Å²) < 4.78 is 5.00. The second kappa shape index (κ2) is 3.47. The van der Waals surface area contributed by atoms with E-state index < -0.39 is 11.4 Å². The Morgan fingerprint density at radius 3 is 2.88 bits per heavy atom. The van der Waals surface area contributed by atoms with E-state index in [0.717, 1.165) is 5.57 Å². The number of allylic oxidation sites excluding steroid dienone is 2. The summed E-state index contributed by atoms with van der Waals surface area (Å²) in [6.45, 7) is 3.90. The maximum absolute atomic E-state index is 11.5. The zero-order chi connectivity index (χ0) is 11.9. The summed E-state index contributed by atoms with van der Waals surface area (Å²) in [5.74, 6) is -1.26. The molecule has 0 aromatic rings. The van der Waals surface area contributed by atoms with Crippen molar-refractivity contribution in [2.45, 2.75) is 32.8 Å². The second-order valence-corrected chi connectivity index (χ2v) is 4.60. The summed E-state index contributed by atoms with van der Waals surface area (Å²) in [5.41, 5.74) is 0.702. The fourth-order valence-electron chi connectivity index (χ4n) is 2.16. The van der Waals surface area contributed by atoms with Crippen LogP contribution in [-0.2, 0) is 14.3 Å². The van der Waals surface area contributed by atoms with Crippen LogP contribution in [0.3, 0.4) is 0 Å². The summed E-state index contributed by atoms with van der Waals surface area (Å²) in [6, 6.07) is 0. The minimum Gasteiger partial charge on any atom is -0.478 e. The number of carbonyl (C=O) groups is 2. The number of aliphatic carboxylic acids is 1. The van der Waals surface area contributed by atoms with Gasteiger partial charge in [0.25, 0.3) is 0 Å². The highest BCUT2D eigenvalue weighted by Crippen LogP contribution is 2.50. The Bertz CT molecular complexity index is 415. The minimum absolute atomic E-state index is 0.276.